The number of imide groups is 1. The maximum Gasteiger partial charge on any atom is 0.298 e. The van der Waals surface area contributed by atoms with Gasteiger partial charge in [-0.1, -0.05) is 18.2 Å². The third kappa shape index (κ3) is 3.37. The van der Waals surface area contributed by atoms with Crippen LogP contribution in [-0.2, 0) is 4.79 Å². The Kier molecular flexibility index (Phi) is 4.74. The Morgan fingerprint density at radius 3 is 2.48 bits per heavy atom. The monoisotopic (exact) mass is 382 g/mol. The van der Waals surface area contributed by atoms with E-state index in [0.717, 1.165) is 48.2 Å². The van der Waals surface area contributed by atoms with Gasteiger partial charge in [0.2, 0.25) is 0 Å². The Balaban J connectivity index is 1.65. The van der Waals surface area contributed by atoms with Crippen molar-refractivity contribution >= 4 is 40.4 Å². The molecule has 0 spiro atoms. The van der Waals surface area contributed by atoms with E-state index < -0.39 is 0 Å². The van der Waals surface area contributed by atoms with Gasteiger partial charge in [-0.15, -0.1) is 0 Å². The van der Waals surface area contributed by atoms with Crippen molar-refractivity contribution < 1.29 is 14.0 Å². The second kappa shape index (κ2) is 7.19. The number of benzene rings is 2. The van der Waals surface area contributed by atoms with Crippen molar-refractivity contribution in [3.63, 3.8) is 0 Å². The first kappa shape index (κ1) is 17.8. The number of carbonyl (C=O) groups excluding carboxylic acids is 2. The molecule has 0 bridgehead atoms. The predicted octanol–water partition coefficient (Wildman–Crippen LogP) is 4.98. The van der Waals surface area contributed by atoms with Crippen molar-refractivity contribution in [2.24, 2.45) is 0 Å². The maximum atomic E-state index is 14.6. The second-order valence-corrected chi connectivity index (χ2v) is 7.70. The van der Waals surface area contributed by atoms with Crippen LogP contribution in [0.3, 0.4) is 0 Å². The van der Waals surface area contributed by atoms with E-state index >= 15 is 0 Å². The Bertz CT molecular complexity index is 937. The summed E-state index contributed by atoms with van der Waals surface area (Å²) in [7, 11) is 0. The zero-order valence-electron chi connectivity index (χ0n) is 14.9. The Morgan fingerprint density at radius 1 is 1.07 bits per heavy atom. The molecule has 0 aliphatic carbocycles. The number of carbonyl (C=O) groups is 2. The van der Waals surface area contributed by atoms with Crippen LogP contribution in [0.1, 0.15) is 24.0 Å². The molecule has 2 heterocycles. The lowest BCUT2D eigenvalue weighted by molar-refractivity contribution is -0.113. The van der Waals surface area contributed by atoms with Crippen LogP contribution in [-0.4, -0.2) is 24.2 Å². The molecule has 2 fully saturated rings. The van der Waals surface area contributed by atoms with E-state index in [0.29, 0.717) is 21.8 Å². The number of anilines is 2. The van der Waals surface area contributed by atoms with Gasteiger partial charge in [0, 0.05) is 13.1 Å². The fourth-order valence-corrected chi connectivity index (χ4v) is 4.28. The summed E-state index contributed by atoms with van der Waals surface area (Å²) in [6, 6.07) is 12.1. The van der Waals surface area contributed by atoms with E-state index in [1.807, 2.05) is 19.1 Å². The molecule has 2 aliphatic heterocycles. The Hall–Kier alpha value is -2.60. The lowest BCUT2D eigenvalue weighted by Gasteiger charge is -2.19. The number of hydrogen-bond acceptors (Lipinski definition) is 4. The van der Waals surface area contributed by atoms with Crippen molar-refractivity contribution in [1.29, 1.82) is 0 Å². The van der Waals surface area contributed by atoms with Crippen molar-refractivity contribution in [3.8, 4) is 0 Å². The summed E-state index contributed by atoms with van der Waals surface area (Å²) in [4.78, 5) is 28.5. The molecule has 0 N–H and O–H groups in total. The van der Waals surface area contributed by atoms with Crippen LogP contribution in [0.4, 0.5) is 20.6 Å². The molecule has 2 aromatic carbocycles. The molecule has 4 nitrogen and oxygen atoms in total. The lowest BCUT2D eigenvalue weighted by atomic mass is 10.1. The van der Waals surface area contributed by atoms with Crippen LogP contribution in [0.25, 0.3) is 6.08 Å². The first-order valence-electron chi connectivity index (χ1n) is 8.93. The maximum absolute atomic E-state index is 14.6. The van der Waals surface area contributed by atoms with Crippen molar-refractivity contribution in [2.75, 3.05) is 22.9 Å². The third-order valence-corrected chi connectivity index (χ3v) is 5.75. The summed E-state index contributed by atoms with van der Waals surface area (Å²) >= 11 is 0.881. The molecular formula is C21H19FN2O2S. The zero-order chi connectivity index (χ0) is 19.0. The van der Waals surface area contributed by atoms with Crippen LogP contribution >= 0.6 is 11.8 Å². The molecule has 27 heavy (non-hydrogen) atoms. The Morgan fingerprint density at radius 2 is 1.78 bits per heavy atom. The van der Waals surface area contributed by atoms with Crippen molar-refractivity contribution in [2.45, 2.75) is 19.8 Å². The topological polar surface area (TPSA) is 40.6 Å². The molecule has 6 heteroatoms. The molecule has 2 aromatic rings. The molecule has 0 saturated carbocycles. The summed E-state index contributed by atoms with van der Waals surface area (Å²) in [6.07, 6.45) is 3.76. The van der Waals surface area contributed by atoms with Crippen LogP contribution in [0.5, 0.6) is 0 Å². The normalized spacial score (nSPS) is 18.8. The fourth-order valence-electron chi connectivity index (χ4n) is 3.45. The van der Waals surface area contributed by atoms with E-state index in [4.69, 9.17) is 0 Å². The van der Waals surface area contributed by atoms with Gasteiger partial charge in [0.1, 0.15) is 5.82 Å². The molecule has 2 amide bonds. The standard InChI is InChI=1S/C21H19FN2O2S/c1-14-11-18(23-9-5-6-10-23)17(22)12-15(14)13-19-20(25)24(21(26)27-19)16-7-3-2-4-8-16/h2-4,7-8,11-13H,5-6,9-10H2,1H3. The van der Waals surface area contributed by atoms with Gasteiger partial charge in [0.15, 0.2) is 0 Å². The van der Waals surface area contributed by atoms with Gasteiger partial charge in [0.25, 0.3) is 11.1 Å². The average Bonchev–Trinajstić information content (AvgIpc) is 3.27. The van der Waals surface area contributed by atoms with Gasteiger partial charge in [-0.05, 0) is 73.0 Å². The quantitative estimate of drug-likeness (QED) is 0.703. The molecule has 0 radical (unpaired) electrons. The molecule has 2 aliphatic rings. The minimum Gasteiger partial charge on any atom is -0.369 e. The van der Waals surface area contributed by atoms with E-state index in [1.54, 1.807) is 30.3 Å². The number of rotatable bonds is 3. The number of aryl methyl sites for hydroxylation is 1. The number of halogens is 1. The van der Waals surface area contributed by atoms with Gasteiger partial charge < -0.3 is 4.90 Å². The van der Waals surface area contributed by atoms with Gasteiger partial charge in [-0.3, -0.25) is 9.59 Å². The molecule has 4 rings (SSSR count). The summed E-state index contributed by atoms with van der Waals surface area (Å²) in [5, 5.41) is -0.343. The highest BCUT2D eigenvalue weighted by molar-refractivity contribution is 8.19. The average molecular weight is 382 g/mol. The van der Waals surface area contributed by atoms with E-state index in [1.165, 1.54) is 6.07 Å². The van der Waals surface area contributed by atoms with Crippen LogP contribution in [0, 0.1) is 12.7 Å². The molecular weight excluding hydrogens is 363 g/mol. The highest BCUT2D eigenvalue weighted by Gasteiger charge is 2.36. The smallest absolute Gasteiger partial charge is 0.298 e. The van der Waals surface area contributed by atoms with E-state index in [2.05, 4.69) is 4.90 Å². The van der Waals surface area contributed by atoms with Crippen molar-refractivity contribution in [1.82, 2.24) is 0 Å². The van der Waals surface area contributed by atoms with Gasteiger partial charge in [0.05, 0.1) is 16.3 Å². The lowest BCUT2D eigenvalue weighted by Crippen LogP contribution is -2.27. The van der Waals surface area contributed by atoms with Gasteiger partial charge in [-0.25, -0.2) is 9.29 Å². The largest absolute Gasteiger partial charge is 0.369 e. The minimum absolute atomic E-state index is 0.295. The molecule has 138 valence electrons. The number of para-hydroxylation sites is 1. The number of amides is 2. The summed E-state index contributed by atoms with van der Waals surface area (Å²) < 4.78 is 14.6. The minimum atomic E-state index is -0.375. The number of hydrogen-bond donors (Lipinski definition) is 0. The highest BCUT2D eigenvalue weighted by Crippen LogP contribution is 2.36. The third-order valence-electron chi connectivity index (χ3n) is 4.88. The molecule has 0 atom stereocenters. The number of thioether (sulfide) groups is 1. The highest BCUT2D eigenvalue weighted by atomic mass is 32.2. The first-order chi connectivity index (χ1) is 13.0. The molecule has 0 aromatic heterocycles. The zero-order valence-corrected chi connectivity index (χ0v) is 15.8. The van der Waals surface area contributed by atoms with Gasteiger partial charge in [-0.2, -0.15) is 0 Å². The van der Waals surface area contributed by atoms with E-state index in [9.17, 15) is 14.0 Å². The SMILES string of the molecule is Cc1cc(N2CCCC2)c(F)cc1C=C1SC(=O)N(c2ccccc2)C1=O. The second-order valence-electron chi connectivity index (χ2n) is 6.71. The van der Waals surface area contributed by atoms with Gasteiger partial charge >= 0.3 is 0 Å². The fraction of sp³-hybridized carbons (Fsp3) is 0.238. The number of nitrogens with zero attached hydrogens (tertiary/aromatic N) is 2. The van der Waals surface area contributed by atoms with Crippen LogP contribution < -0.4 is 9.80 Å². The van der Waals surface area contributed by atoms with Crippen LogP contribution in [0.15, 0.2) is 47.4 Å². The molecule has 0 unspecified atom stereocenters. The summed E-state index contributed by atoms with van der Waals surface area (Å²) in [5.74, 6) is -0.671. The van der Waals surface area contributed by atoms with Crippen LogP contribution in [0.2, 0.25) is 0 Å². The summed E-state index contributed by atoms with van der Waals surface area (Å²) in [5.41, 5.74) is 2.65. The van der Waals surface area contributed by atoms with Crippen molar-refractivity contribution in [3.05, 3.63) is 64.3 Å². The Labute approximate surface area is 161 Å². The van der Waals surface area contributed by atoms with E-state index in [-0.39, 0.29) is 17.0 Å². The molecule has 2 saturated heterocycles. The first-order valence-corrected chi connectivity index (χ1v) is 9.74. The predicted molar refractivity (Wildman–Crippen MR) is 107 cm³/mol. The summed E-state index contributed by atoms with van der Waals surface area (Å²) in [6.45, 7) is 3.63.